The molecular formula is C18H27FN2O. The molecule has 2 atom stereocenters. The van der Waals surface area contributed by atoms with Gasteiger partial charge in [-0.05, 0) is 58.0 Å². The molecule has 1 aromatic rings. The van der Waals surface area contributed by atoms with E-state index in [9.17, 15) is 4.39 Å². The van der Waals surface area contributed by atoms with Crippen molar-refractivity contribution in [1.29, 1.82) is 0 Å². The number of hydrogen-bond acceptors (Lipinski definition) is 3. The van der Waals surface area contributed by atoms with Crippen molar-refractivity contribution in [1.82, 2.24) is 4.90 Å². The highest BCUT2D eigenvalue weighted by Crippen LogP contribution is 2.43. The first-order chi connectivity index (χ1) is 10.5. The summed E-state index contributed by atoms with van der Waals surface area (Å²) in [6, 6.07) is 4.49. The van der Waals surface area contributed by atoms with Crippen LogP contribution in [0.25, 0.3) is 0 Å². The fourth-order valence-corrected chi connectivity index (χ4v) is 3.81. The Morgan fingerprint density at radius 3 is 2.59 bits per heavy atom. The molecule has 1 saturated heterocycles. The second-order valence-corrected chi connectivity index (χ2v) is 7.23. The van der Waals surface area contributed by atoms with Crippen molar-refractivity contribution in [2.75, 3.05) is 19.6 Å². The fourth-order valence-electron chi connectivity index (χ4n) is 3.81. The summed E-state index contributed by atoms with van der Waals surface area (Å²) in [7, 11) is 0. The van der Waals surface area contributed by atoms with E-state index in [2.05, 4.69) is 18.7 Å². The Hall–Kier alpha value is -1.13. The van der Waals surface area contributed by atoms with Crippen LogP contribution < -0.4 is 10.5 Å². The summed E-state index contributed by atoms with van der Waals surface area (Å²) in [6.45, 7) is 7.39. The molecule has 2 heterocycles. The van der Waals surface area contributed by atoms with Crippen molar-refractivity contribution < 1.29 is 9.13 Å². The van der Waals surface area contributed by atoms with E-state index in [0.29, 0.717) is 0 Å². The maximum atomic E-state index is 13.6. The van der Waals surface area contributed by atoms with Crippen LogP contribution >= 0.6 is 0 Å². The third kappa shape index (κ3) is 3.13. The molecule has 2 aliphatic heterocycles. The van der Waals surface area contributed by atoms with E-state index in [1.165, 1.54) is 37.8 Å². The zero-order valence-electron chi connectivity index (χ0n) is 13.6. The molecule has 0 saturated carbocycles. The van der Waals surface area contributed by atoms with E-state index < -0.39 is 0 Å². The standard InChI is InChI=1S/C18H27FN2O/c1-18(2)15(12-21-9-5-3-4-6-10-21)17(20)14-11-13(19)7-8-16(14)22-18/h7-8,11,15,17H,3-6,9-10,12,20H2,1-2H3. The predicted octanol–water partition coefficient (Wildman–Crippen LogP) is 3.49. The number of fused-ring (bicyclic) bond motifs is 1. The molecule has 2 aliphatic rings. The van der Waals surface area contributed by atoms with Gasteiger partial charge in [0.2, 0.25) is 0 Å². The van der Waals surface area contributed by atoms with Gasteiger partial charge >= 0.3 is 0 Å². The van der Waals surface area contributed by atoms with E-state index >= 15 is 0 Å². The summed E-state index contributed by atoms with van der Waals surface area (Å²) in [5, 5.41) is 0. The first-order valence-electron chi connectivity index (χ1n) is 8.44. The summed E-state index contributed by atoms with van der Waals surface area (Å²) in [5.74, 6) is 0.650. The molecule has 22 heavy (non-hydrogen) atoms. The van der Waals surface area contributed by atoms with Gasteiger partial charge in [0.25, 0.3) is 0 Å². The molecule has 2 unspecified atom stereocenters. The van der Waals surface area contributed by atoms with E-state index in [1.807, 2.05) is 0 Å². The van der Waals surface area contributed by atoms with Gasteiger partial charge in [-0.2, -0.15) is 0 Å². The number of rotatable bonds is 2. The molecule has 1 aromatic carbocycles. The van der Waals surface area contributed by atoms with Gasteiger partial charge in [0.15, 0.2) is 0 Å². The quantitative estimate of drug-likeness (QED) is 0.909. The van der Waals surface area contributed by atoms with Crippen molar-refractivity contribution >= 4 is 0 Å². The summed E-state index contributed by atoms with van der Waals surface area (Å²) in [6.07, 6.45) is 5.16. The van der Waals surface area contributed by atoms with Crippen LogP contribution in [0.3, 0.4) is 0 Å². The number of benzene rings is 1. The summed E-state index contributed by atoms with van der Waals surface area (Å²) in [4.78, 5) is 2.51. The van der Waals surface area contributed by atoms with Gasteiger partial charge in [0.1, 0.15) is 17.2 Å². The number of hydrogen-bond donors (Lipinski definition) is 1. The van der Waals surface area contributed by atoms with E-state index in [-0.39, 0.29) is 23.4 Å². The molecule has 0 amide bonds. The van der Waals surface area contributed by atoms with E-state index in [4.69, 9.17) is 10.5 Å². The summed E-state index contributed by atoms with van der Waals surface area (Å²) < 4.78 is 19.7. The minimum Gasteiger partial charge on any atom is -0.487 e. The Bertz CT molecular complexity index is 524. The van der Waals surface area contributed by atoms with Crippen LogP contribution in [-0.4, -0.2) is 30.1 Å². The third-order valence-electron chi connectivity index (χ3n) is 5.18. The van der Waals surface area contributed by atoms with Gasteiger partial charge in [0, 0.05) is 24.1 Å². The van der Waals surface area contributed by atoms with Crippen LogP contribution in [-0.2, 0) is 0 Å². The third-order valence-corrected chi connectivity index (χ3v) is 5.18. The maximum absolute atomic E-state index is 13.6. The Morgan fingerprint density at radius 1 is 1.23 bits per heavy atom. The van der Waals surface area contributed by atoms with Gasteiger partial charge < -0.3 is 15.4 Å². The SMILES string of the molecule is CC1(C)Oc2ccc(F)cc2C(N)C1CN1CCCCCC1. The molecule has 1 fully saturated rings. The molecule has 0 bridgehead atoms. The lowest BCUT2D eigenvalue weighted by atomic mass is 9.78. The van der Waals surface area contributed by atoms with Crippen molar-refractivity contribution in [3.63, 3.8) is 0 Å². The van der Waals surface area contributed by atoms with Crippen LogP contribution in [0.1, 0.15) is 51.1 Å². The zero-order chi connectivity index (χ0) is 15.7. The van der Waals surface area contributed by atoms with Gasteiger partial charge in [0.05, 0.1) is 0 Å². The summed E-state index contributed by atoms with van der Waals surface area (Å²) in [5.41, 5.74) is 6.99. The average molecular weight is 306 g/mol. The second-order valence-electron chi connectivity index (χ2n) is 7.23. The molecular weight excluding hydrogens is 279 g/mol. The minimum atomic E-state index is -0.337. The fraction of sp³-hybridized carbons (Fsp3) is 0.667. The number of likely N-dealkylation sites (tertiary alicyclic amines) is 1. The van der Waals surface area contributed by atoms with Crippen molar-refractivity contribution in [3.05, 3.63) is 29.6 Å². The monoisotopic (exact) mass is 306 g/mol. The molecule has 122 valence electrons. The lowest BCUT2D eigenvalue weighted by Gasteiger charge is -2.45. The second kappa shape index (κ2) is 6.17. The molecule has 4 heteroatoms. The highest BCUT2D eigenvalue weighted by Gasteiger charge is 2.43. The predicted molar refractivity (Wildman–Crippen MR) is 86.4 cm³/mol. The Kier molecular flexibility index (Phi) is 4.42. The first-order valence-corrected chi connectivity index (χ1v) is 8.44. The smallest absolute Gasteiger partial charge is 0.125 e. The molecule has 0 aromatic heterocycles. The Labute approximate surface area is 132 Å². The molecule has 3 nitrogen and oxygen atoms in total. The molecule has 2 N–H and O–H groups in total. The number of nitrogens with zero attached hydrogens (tertiary/aromatic N) is 1. The summed E-state index contributed by atoms with van der Waals surface area (Å²) >= 11 is 0. The highest BCUT2D eigenvalue weighted by atomic mass is 19.1. The largest absolute Gasteiger partial charge is 0.487 e. The molecule has 0 spiro atoms. The van der Waals surface area contributed by atoms with Crippen molar-refractivity contribution in [2.24, 2.45) is 11.7 Å². The van der Waals surface area contributed by atoms with Gasteiger partial charge in [-0.1, -0.05) is 12.8 Å². The van der Waals surface area contributed by atoms with Crippen LogP contribution in [0.2, 0.25) is 0 Å². The molecule has 0 aliphatic carbocycles. The molecule has 3 rings (SSSR count). The first kappa shape index (κ1) is 15.8. The maximum Gasteiger partial charge on any atom is 0.125 e. The Balaban J connectivity index is 1.83. The van der Waals surface area contributed by atoms with Gasteiger partial charge in [-0.25, -0.2) is 4.39 Å². The zero-order valence-corrected chi connectivity index (χ0v) is 13.6. The van der Waals surface area contributed by atoms with Crippen LogP contribution in [0.15, 0.2) is 18.2 Å². The minimum absolute atomic E-state index is 0.167. The lowest BCUT2D eigenvalue weighted by Crippen LogP contribution is -2.52. The average Bonchev–Trinajstić information content (AvgIpc) is 2.73. The van der Waals surface area contributed by atoms with Crippen LogP contribution in [0, 0.1) is 11.7 Å². The lowest BCUT2D eigenvalue weighted by molar-refractivity contribution is -0.00641. The van der Waals surface area contributed by atoms with E-state index in [1.54, 1.807) is 6.07 Å². The van der Waals surface area contributed by atoms with Crippen molar-refractivity contribution in [3.8, 4) is 5.75 Å². The number of halogens is 1. The van der Waals surface area contributed by atoms with Gasteiger partial charge in [-0.15, -0.1) is 0 Å². The molecule has 0 radical (unpaired) electrons. The van der Waals surface area contributed by atoms with Crippen LogP contribution in [0.5, 0.6) is 5.75 Å². The van der Waals surface area contributed by atoms with Gasteiger partial charge in [-0.3, -0.25) is 0 Å². The van der Waals surface area contributed by atoms with Crippen molar-refractivity contribution in [2.45, 2.75) is 51.2 Å². The topological polar surface area (TPSA) is 38.5 Å². The normalized spacial score (nSPS) is 28.5. The highest BCUT2D eigenvalue weighted by molar-refractivity contribution is 5.40. The Morgan fingerprint density at radius 2 is 1.91 bits per heavy atom. The van der Waals surface area contributed by atoms with Crippen LogP contribution in [0.4, 0.5) is 4.39 Å². The van der Waals surface area contributed by atoms with E-state index in [0.717, 1.165) is 30.9 Å². The number of nitrogens with two attached hydrogens (primary N) is 1. The number of ether oxygens (including phenoxy) is 1.